The van der Waals surface area contributed by atoms with Crippen LogP contribution < -0.4 is 9.47 Å². The van der Waals surface area contributed by atoms with Crippen LogP contribution in [-0.4, -0.2) is 29.9 Å². The second-order valence-corrected chi connectivity index (χ2v) is 11.1. The van der Waals surface area contributed by atoms with Crippen molar-refractivity contribution in [2.24, 2.45) is 0 Å². The number of aliphatic hydroxyl groups excluding tert-OH is 1. The summed E-state index contributed by atoms with van der Waals surface area (Å²) in [6.45, 7) is 2.38. The minimum absolute atomic E-state index is 0.123. The van der Waals surface area contributed by atoms with Crippen molar-refractivity contribution in [2.75, 3.05) is 7.11 Å². The average molecular weight is 525 g/mol. The van der Waals surface area contributed by atoms with E-state index < -0.39 is 10.0 Å². The predicted molar refractivity (Wildman–Crippen MR) is 139 cm³/mol. The molecule has 36 heavy (non-hydrogen) atoms. The van der Waals surface area contributed by atoms with E-state index in [0.717, 1.165) is 21.7 Å². The molecular formula is C27H28N2O5S2. The number of rotatable bonds is 11. The molecule has 0 saturated heterocycles. The number of ether oxygens (including phenoxy) is 2. The van der Waals surface area contributed by atoms with Gasteiger partial charge in [-0.1, -0.05) is 54.1 Å². The van der Waals surface area contributed by atoms with Gasteiger partial charge in [-0.3, -0.25) is 0 Å². The molecule has 4 aromatic rings. The maximum Gasteiger partial charge on any atom is 0.243 e. The van der Waals surface area contributed by atoms with E-state index >= 15 is 0 Å². The maximum atomic E-state index is 13.6. The third kappa shape index (κ3) is 6.30. The second kappa shape index (κ2) is 11.7. The Balaban J connectivity index is 1.61. The monoisotopic (exact) mass is 524 g/mol. The van der Waals surface area contributed by atoms with E-state index in [0.29, 0.717) is 17.2 Å². The second-order valence-electron chi connectivity index (χ2n) is 8.24. The average Bonchev–Trinajstić information content (AvgIpc) is 3.36. The lowest BCUT2D eigenvalue weighted by molar-refractivity contribution is 0.271. The quantitative estimate of drug-likeness (QED) is 0.300. The number of aromatic nitrogens is 1. The molecule has 0 aliphatic heterocycles. The lowest BCUT2D eigenvalue weighted by Gasteiger charge is -2.23. The number of nitrogens with zero attached hydrogens (tertiary/aromatic N) is 2. The minimum Gasteiger partial charge on any atom is -0.493 e. The number of aryl methyl sites for hydroxylation is 1. The van der Waals surface area contributed by atoms with Gasteiger partial charge < -0.3 is 14.6 Å². The Hall–Kier alpha value is -3.24. The lowest BCUT2D eigenvalue weighted by Crippen LogP contribution is -2.30. The van der Waals surface area contributed by atoms with Crippen molar-refractivity contribution >= 4 is 21.4 Å². The third-order valence-corrected chi connectivity index (χ3v) is 8.24. The molecule has 0 saturated carbocycles. The Labute approximate surface area is 215 Å². The number of benzene rings is 3. The fourth-order valence-corrected chi connectivity index (χ4v) is 5.75. The van der Waals surface area contributed by atoms with Crippen LogP contribution in [0.25, 0.3) is 0 Å². The van der Waals surface area contributed by atoms with Crippen molar-refractivity contribution in [3.63, 3.8) is 0 Å². The highest BCUT2D eigenvalue weighted by molar-refractivity contribution is 7.89. The number of aliphatic hydroxyl groups is 1. The summed E-state index contributed by atoms with van der Waals surface area (Å²) in [5.41, 5.74) is 3.23. The lowest BCUT2D eigenvalue weighted by atomic mass is 10.2. The Morgan fingerprint density at radius 2 is 1.67 bits per heavy atom. The first-order valence-corrected chi connectivity index (χ1v) is 13.7. The van der Waals surface area contributed by atoms with Crippen LogP contribution in [0.1, 0.15) is 27.4 Å². The van der Waals surface area contributed by atoms with Crippen LogP contribution in [0.15, 0.2) is 83.1 Å². The van der Waals surface area contributed by atoms with Gasteiger partial charge in [0.15, 0.2) is 11.5 Å². The normalized spacial score (nSPS) is 11.6. The van der Waals surface area contributed by atoms with Crippen LogP contribution in [0.5, 0.6) is 11.5 Å². The van der Waals surface area contributed by atoms with E-state index in [9.17, 15) is 13.5 Å². The summed E-state index contributed by atoms with van der Waals surface area (Å²) >= 11 is 1.40. The molecule has 0 atom stereocenters. The first-order chi connectivity index (χ1) is 17.4. The molecule has 9 heteroatoms. The first kappa shape index (κ1) is 25.8. The van der Waals surface area contributed by atoms with Crippen molar-refractivity contribution in [2.45, 2.75) is 38.1 Å². The first-order valence-electron chi connectivity index (χ1n) is 11.3. The summed E-state index contributed by atoms with van der Waals surface area (Å²) in [7, 11) is -2.21. The van der Waals surface area contributed by atoms with Crippen molar-refractivity contribution in [1.29, 1.82) is 0 Å². The van der Waals surface area contributed by atoms with Gasteiger partial charge in [0, 0.05) is 18.5 Å². The molecule has 0 amide bonds. The van der Waals surface area contributed by atoms with Crippen LogP contribution in [0.3, 0.4) is 0 Å². The van der Waals surface area contributed by atoms with Gasteiger partial charge in [-0.05, 0) is 42.3 Å². The van der Waals surface area contributed by atoms with Gasteiger partial charge in [0.05, 0.1) is 24.3 Å². The zero-order chi connectivity index (χ0) is 25.5. The molecule has 1 heterocycles. The molecule has 0 fully saturated rings. The molecule has 0 spiro atoms. The molecular weight excluding hydrogens is 496 g/mol. The molecule has 188 valence electrons. The van der Waals surface area contributed by atoms with Gasteiger partial charge in [0.2, 0.25) is 10.0 Å². The summed E-state index contributed by atoms with van der Waals surface area (Å²) in [4.78, 5) is 4.55. The van der Waals surface area contributed by atoms with E-state index in [-0.39, 0.29) is 31.2 Å². The Bertz CT molecular complexity index is 1390. The van der Waals surface area contributed by atoms with Crippen molar-refractivity contribution in [3.8, 4) is 11.5 Å². The fraction of sp³-hybridized carbons (Fsp3) is 0.222. The minimum atomic E-state index is -3.77. The van der Waals surface area contributed by atoms with Gasteiger partial charge in [-0.2, -0.15) is 4.31 Å². The fourth-order valence-electron chi connectivity index (χ4n) is 3.64. The van der Waals surface area contributed by atoms with E-state index in [1.165, 1.54) is 15.6 Å². The molecule has 0 aliphatic rings. The van der Waals surface area contributed by atoms with Crippen molar-refractivity contribution in [1.82, 2.24) is 9.29 Å². The topological polar surface area (TPSA) is 89.0 Å². The summed E-state index contributed by atoms with van der Waals surface area (Å²) in [6.07, 6.45) is 0. The van der Waals surface area contributed by atoms with Crippen LogP contribution in [-0.2, 0) is 36.3 Å². The van der Waals surface area contributed by atoms with E-state index in [4.69, 9.17) is 9.47 Å². The van der Waals surface area contributed by atoms with Gasteiger partial charge in [0.1, 0.15) is 11.6 Å². The third-order valence-electron chi connectivity index (χ3n) is 5.56. The molecule has 0 aliphatic carbocycles. The smallest absolute Gasteiger partial charge is 0.243 e. The number of sulfonamides is 1. The van der Waals surface area contributed by atoms with E-state index in [1.54, 1.807) is 48.9 Å². The number of hydrogen-bond donors (Lipinski definition) is 1. The summed E-state index contributed by atoms with van der Waals surface area (Å²) in [5.74, 6) is 1.02. The Morgan fingerprint density at radius 1 is 0.944 bits per heavy atom. The Morgan fingerprint density at radius 3 is 2.33 bits per heavy atom. The molecule has 0 bridgehead atoms. The summed E-state index contributed by atoms with van der Waals surface area (Å²) in [5, 5.41) is 11.7. The van der Waals surface area contributed by atoms with Crippen LogP contribution in [0.4, 0.5) is 0 Å². The predicted octanol–water partition coefficient (Wildman–Crippen LogP) is 4.92. The molecule has 1 aromatic heterocycles. The van der Waals surface area contributed by atoms with E-state index in [1.807, 2.05) is 43.3 Å². The zero-order valence-electron chi connectivity index (χ0n) is 20.1. The molecule has 4 rings (SSSR count). The van der Waals surface area contributed by atoms with Gasteiger partial charge in [0.25, 0.3) is 0 Å². The molecule has 0 unspecified atom stereocenters. The highest BCUT2D eigenvalue weighted by Gasteiger charge is 2.25. The highest BCUT2D eigenvalue weighted by Crippen LogP contribution is 2.31. The maximum absolute atomic E-state index is 13.6. The number of hydrogen-bond acceptors (Lipinski definition) is 7. The standard InChI is InChI=1S/C27H28N2O5S2/c1-20-8-11-24(12-9-20)36(31,32)29(15-21-6-4-3-5-7-21)16-22-10-13-25(33-2)26(14-22)34-18-27-28-23(17-30)19-35-27/h3-14,19,30H,15-18H2,1-2H3. The number of methoxy groups -OCH3 is 1. The zero-order valence-corrected chi connectivity index (χ0v) is 21.8. The summed E-state index contributed by atoms with van der Waals surface area (Å²) < 4.78 is 40.2. The molecule has 1 N–H and O–H groups in total. The van der Waals surface area contributed by atoms with Crippen molar-refractivity contribution < 1.29 is 23.0 Å². The Kier molecular flexibility index (Phi) is 8.37. The van der Waals surface area contributed by atoms with E-state index in [2.05, 4.69) is 4.98 Å². The SMILES string of the molecule is COc1ccc(CN(Cc2ccccc2)S(=O)(=O)c2ccc(C)cc2)cc1OCc1nc(CO)cs1. The molecule has 3 aromatic carbocycles. The molecule has 0 radical (unpaired) electrons. The van der Waals surface area contributed by atoms with Crippen LogP contribution >= 0.6 is 11.3 Å². The van der Waals surface area contributed by atoms with Crippen molar-refractivity contribution in [3.05, 3.63) is 106 Å². The van der Waals surface area contributed by atoms with Gasteiger partial charge >= 0.3 is 0 Å². The molecule has 7 nitrogen and oxygen atoms in total. The van der Waals surface area contributed by atoms with Gasteiger partial charge in [-0.15, -0.1) is 11.3 Å². The summed E-state index contributed by atoms with van der Waals surface area (Å²) in [6, 6.07) is 21.8. The number of thiazole rings is 1. The van der Waals surface area contributed by atoms with Crippen LogP contribution in [0.2, 0.25) is 0 Å². The largest absolute Gasteiger partial charge is 0.493 e. The van der Waals surface area contributed by atoms with Crippen LogP contribution in [0, 0.1) is 6.92 Å². The highest BCUT2D eigenvalue weighted by atomic mass is 32.2. The van der Waals surface area contributed by atoms with Gasteiger partial charge in [-0.25, -0.2) is 13.4 Å².